The van der Waals surface area contributed by atoms with Gasteiger partial charge in [0.05, 0.1) is 15.6 Å². The molecule has 1 N–H and O–H groups in total. The summed E-state index contributed by atoms with van der Waals surface area (Å²) in [5.41, 5.74) is 1.77. The van der Waals surface area contributed by atoms with Gasteiger partial charge in [0, 0.05) is 35.7 Å². The van der Waals surface area contributed by atoms with Crippen LogP contribution in [0.1, 0.15) is 9.88 Å². The van der Waals surface area contributed by atoms with Gasteiger partial charge in [0.1, 0.15) is 4.21 Å². The minimum Gasteiger partial charge on any atom is -0.371 e. The lowest BCUT2D eigenvalue weighted by Crippen LogP contribution is -2.04. The second-order valence-electron chi connectivity index (χ2n) is 5.86. The van der Waals surface area contributed by atoms with Crippen LogP contribution in [0.4, 0.5) is 10.7 Å². The minimum atomic E-state index is -3.48. The first-order valence-electron chi connectivity index (χ1n) is 7.99. The number of aryl methyl sites for hydroxylation is 1. The Kier molecular flexibility index (Phi) is 5.59. The molecule has 0 fully saturated rings. The van der Waals surface area contributed by atoms with Gasteiger partial charge in [-0.15, -0.1) is 11.3 Å². The highest BCUT2D eigenvalue weighted by Crippen LogP contribution is 2.37. The van der Waals surface area contributed by atoms with Crippen molar-refractivity contribution in [1.82, 2.24) is 4.98 Å². The summed E-state index contributed by atoms with van der Waals surface area (Å²) in [6, 6.07) is 11.0. The standard InChI is InChI=1S/C17H17N3O4S3/c1-11-16(12-6-4-3-5-7-12)19-14(25-11)8-9-18-17-13(20(21)22)10-15(26-17)27(2,23)24/h3-7,10,18H,8-9H2,1-2H3. The highest BCUT2D eigenvalue weighted by molar-refractivity contribution is 7.92. The van der Waals surface area contributed by atoms with E-state index in [9.17, 15) is 18.5 Å². The van der Waals surface area contributed by atoms with E-state index in [1.165, 1.54) is 0 Å². The molecule has 3 rings (SSSR count). The number of benzene rings is 1. The molecule has 27 heavy (non-hydrogen) atoms. The van der Waals surface area contributed by atoms with E-state index < -0.39 is 14.8 Å². The van der Waals surface area contributed by atoms with E-state index >= 15 is 0 Å². The van der Waals surface area contributed by atoms with E-state index in [4.69, 9.17) is 0 Å². The predicted octanol–water partition coefficient (Wildman–Crippen LogP) is 4.15. The molecule has 0 bridgehead atoms. The Bertz CT molecular complexity index is 1070. The number of hydrogen-bond acceptors (Lipinski definition) is 8. The third kappa shape index (κ3) is 4.52. The Hall–Kier alpha value is -2.30. The SMILES string of the molecule is Cc1sc(CCNc2sc(S(C)(=O)=O)cc2[N+](=O)[O-])nc1-c1ccccc1. The van der Waals surface area contributed by atoms with Crippen LogP contribution in [-0.2, 0) is 16.3 Å². The van der Waals surface area contributed by atoms with Gasteiger partial charge in [-0.05, 0) is 6.92 Å². The number of rotatable bonds is 7. The summed E-state index contributed by atoms with van der Waals surface area (Å²) in [5.74, 6) is 0. The van der Waals surface area contributed by atoms with Crippen LogP contribution in [0.2, 0.25) is 0 Å². The fourth-order valence-electron chi connectivity index (χ4n) is 2.51. The smallest absolute Gasteiger partial charge is 0.304 e. The van der Waals surface area contributed by atoms with Crippen molar-refractivity contribution in [2.24, 2.45) is 0 Å². The highest BCUT2D eigenvalue weighted by atomic mass is 32.2. The number of thiazole rings is 1. The fraction of sp³-hybridized carbons (Fsp3) is 0.235. The van der Waals surface area contributed by atoms with Gasteiger partial charge < -0.3 is 5.32 Å². The van der Waals surface area contributed by atoms with Crippen LogP contribution >= 0.6 is 22.7 Å². The maximum atomic E-state index is 11.6. The van der Waals surface area contributed by atoms with Crippen LogP contribution in [0.25, 0.3) is 11.3 Å². The number of nitrogens with one attached hydrogen (secondary N) is 1. The molecule has 2 aromatic heterocycles. The topological polar surface area (TPSA) is 102 Å². The molecule has 7 nitrogen and oxygen atoms in total. The molecule has 0 amide bonds. The van der Waals surface area contributed by atoms with Gasteiger partial charge in [-0.25, -0.2) is 13.4 Å². The number of sulfone groups is 1. The fourth-order valence-corrected chi connectivity index (χ4v) is 5.43. The summed E-state index contributed by atoms with van der Waals surface area (Å²) in [5, 5.41) is 15.3. The van der Waals surface area contributed by atoms with Crippen molar-refractivity contribution in [3.05, 3.63) is 56.4 Å². The largest absolute Gasteiger partial charge is 0.371 e. The van der Waals surface area contributed by atoms with E-state index in [-0.39, 0.29) is 14.9 Å². The lowest BCUT2D eigenvalue weighted by Gasteiger charge is -2.01. The quantitative estimate of drug-likeness (QED) is 0.452. The summed E-state index contributed by atoms with van der Waals surface area (Å²) in [7, 11) is -3.48. The van der Waals surface area contributed by atoms with E-state index in [0.717, 1.165) is 44.8 Å². The number of aromatic nitrogens is 1. The molecular formula is C17H17N3O4S3. The first-order chi connectivity index (χ1) is 12.8. The molecule has 2 heterocycles. The molecule has 0 saturated heterocycles. The zero-order valence-electron chi connectivity index (χ0n) is 14.6. The Morgan fingerprint density at radius 1 is 1.22 bits per heavy atom. The lowest BCUT2D eigenvalue weighted by molar-refractivity contribution is -0.383. The van der Waals surface area contributed by atoms with Gasteiger partial charge in [0.15, 0.2) is 14.8 Å². The Morgan fingerprint density at radius 2 is 1.93 bits per heavy atom. The van der Waals surface area contributed by atoms with Gasteiger partial charge in [-0.2, -0.15) is 0 Å². The molecule has 0 unspecified atom stereocenters. The summed E-state index contributed by atoms with van der Waals surface area (Å²) < 4.78 is 23.3. The average Bonchev–Trinajstić information content (AvgIpc) is 3.19. The average molecular weight is 424 g/mol. The molecule has 0 spiro atoms. The van der Waals surface area contributed by atoms with Crippen LogP contribution in [0.15, 0.2) is 40.6 Å². The minimum absolute atomic E-state index is 0.0202. The molecule has 0 aliphatic heterocycles. The second-order valence-corrected chi connectivity index (χ2v) is 10.4. The van der Waals surface area contributed by atoms with Crippen molar-refractivity contribution in [2.45, 2.75) is 17.6 Å². The van der Waals surface area contributed by atoms with Crippen molar-refractivity contribution in [3.8, 4) is 11.3 Å². The number of nitro groups is 1. The summed E-state index contributed by atoms with van der Waals surface area (Å²) in [4.78, 5) is 16.4. The molecule has 0 saturated carbocycles. The maximum Gasteiger partial charge on any atom is 0.304 e. The first kappa shape index (κ1) is 19.5. The van der Waals surface area contributed by atoms with Crippen molar-refractivity contribution < 1.29 is 13.3 Å². The third-order valence-electron chi connectivity index (χ3n) is 3.76. The molecule has 10 heteroatoms. The van der Waals surface area contributed by atoms with Gasteiger partial charge >= 0.3 is 5.69 Å². The van der Waals surface area contributed by atoms with Gasteiger partial charge in [0.25, 0.3) is 0 Å². The first-order valence-corrected chi connectivity index (χ1v) is 11.5. The Balaban J connectivity index is 1.72. The van der Waals surface area contributed by atoms with Crippen LogP contribution in [0, 0.1) is 17.0 Å². The van der Waals surface area contributed by atoms with E-state index in [1.807, 2.05) is 37.3 Å². The molecule has 1 aromatic carbocycles. The summed E-state index contributed by atoms with van der Waals surface area (Å²) >= 11 is 2.46. The van der Waals surface area contributed by atoms with Crippen LogP contribution in [0.5, 0.6) is 0 Å². The van der Waals surface area contributed by atoms with E-state index in [1.54, 1.807) is 11.3 Å². The number of hydrogen-bond donors (Lipinski definition) is 1. The highest BCUT2D eigenvalue weighted by Gasteiger charge is 2.23. The van der Waals surface area contributed by atoms with Crippen LogP contribution < -0.4 is 5.32 Å². The molecule has 0 radical (unpaired) electrons. The Morgan fingerprint density at radius 3 is 2.56 bits per heavy atom. The monoisotopic (exact) mass is 423 g/mol. The van der Waals surface area contributed by atoms with Crippen molar-refractivity contribution in [2.75, 3.05) is 18.1 Å². The van der Waals surface area contributed by atoms with Crippen molar-refractivity contribution in [1.29, 1.82) is 0 Å². The molecule has 0 aliphatic carbocycles. The second kappa shape index (κ2) is 7.75. The molecular weight excluding hydrogens is 406 g/mol. The van der Waals surface area contributed by atoms with Crippen molar-refractivity contribution >= 4 is 43.2 Å². The predicted molar refractivity (Wildman–Crippen MR) is 109 cm³/mol. The number of anilines is 1. The maximum absolute atomic E-state index is 11.6. The van der Waals surface area contributed by atoms with Gasteiger partial charge in [-0.3, -0.25) is 10.1 Å². The third-order valence-corrected chi connectivity index (χ3v) is 7.68. The molecule has 0 aliphatic rings. The summed E-state index contributed by atoms with van der Waals surface area (Å²) in [6.07, 6.45) is 1.62. The van der Waals surface area contributed by atoms with Crippen LogP contribution in [-0.4, -0.2) is 31.1 Å². The lowest BCUT2D eigenvalue weighted by atomic mass is 10.1. The summed E-state index contributed by atoms with van der Waals surface area (Å²) in [6.45, 7) is 2.44. The molecule has 3 aromatic rings. The van der Waals surface area contributed by atoms with Gasteiger partial charge in [0.2, 0.25) is 0 Å². The molecule has 142 valence electrons. The van der Waals surface area contributed by atoms with E-state index in [0.29, 0.717) is 13.0 Å². The van der Waals surface area contributed by atoms with Crippen LogP contribution in [0.3, 0.4) is 0 Å². The van der Waals surface area contributed by atoms with E-state index in [2.05, 4.69) is 10.3 Å². The Labute approximate surface area is 164 Å². The molecule has 0 atom stereocenters. The zero-order valence-corrected chi connectivity index (χ0v) is 17.1. The van der Waals surface area contributed by atoms with Crippen molar-refractivity contribution in [3.63, 3.8) is 0 Å². The number of thiophene rings is 1. The zero-order chi connectivity index (χ0) is 19.6. The van der Waals surface area contributed by atoms with Gasteiger partial charge in [-0.1, -0.05) is 41.7 Å². The normalized spacial score (nSPS) is 11.5. The number of nitrogens with zero attached hydrogens (tertiary/aromatic N) is 2.